The highest BCUT2D eigenvalue weighted by atomic mass is 16.3. The number of hydrogen-bond acceptors (Lipinski definition) is 3. The molecule has 0 radical (unpaired) electrons. The molecule has 5 heteroatoms. The van der Waals surface area contributed by atoms with Gasteiger partial charge in [0.15, 0.2) is 0 Å². The molecule has 0 aliphatic heterocycles. The minimum atomic E-state index is -0.455. The van der Waals surface area contributed by atoms with Crippen molar-refractivity contribution in [3.8, 4) is 39.1 Å². The average Bonchev–Trinajstić information content (AvgIpc) is 4.18. The molecule has 5 nitrogen and oxygen atoms in total. The molecule has 0 atom stereocenters. The van der Waals surface area contributed by atoms with Crippen LogP contribution >= 0.6 is 0 Å². The van der Waals surface area contributed by atoms with Crippen LogP contribution in [0.25, 0.3) is 88.9 Å². The quantitative estimate of drug-likeness (QED) is 0.173. The van der Waals surface area contributed by atoms with E-state index in [4.69, 9.17) is 9.40 Å². The molecular formula is C62H38N4O. The van der Waals surface area contributed by atoms with Gasteiger partial charge < -0.3 is 9.32 Å². The average molecular weight is 855 g/mol. The number of fused-ring (bicyclic) bond motifs is 18. The Hall–Kier alpha value is -8.93. The zero-order chi connectivity index (χ0) is 43.8. The molecule has 2 aliphatic rings. The van der Waals surface area contributed by atoms with Crippen molar-refractivity contribution in [1.82, 2.24) is 14.0 Å². The molecule has 0 saturated carbocycles. The first-order valence-electron chi connectivity index (χ1n) is 23.0. The summed E-state index contributed by atoms with van der Waals surface area (Å²) in [7, 11) is 0. The maximum atomic E-state index is 6.53. The molecule has 0 amide bonds. The Labute approximate surface area is 385 Å². The first-order valence-corrected chi connectivity index (χ1v) is 23.0. The Morgan fingerprint density at radius 1 is 0.388 bits per heavy atom. The highest BCUT2D eigenvalue weighted by Crippen LogP contribution is 2.63. The lowest BCUT2D eigenvalue weighted by molar-refractivity contribution is 0.669. The summed E-state index contributed by atoms with van der Waals surface area (Å²) in [5.74, 6) is 0.906. The van der Waals surface area contributed by atoms with Crippen molar-refractivity contribution in [3.05, 3.63) is 253 Å². The number of para-hydroxylation sites is 5. The number of furan rings is 1. The summed E-state index contributed by atoms with van der Waals surface area (Å²) >= 11 is 0. The first kappa shape index (κ1) is 36.4. The fourth-order valence-corrected chi connectivity index (χ4v) is 11.7. The fraction of sp³-hybridized carbons (Fsp3) is 0.0161. The van der Waals surface area contributed by atoms with Crippen molar-refractivity contribution >= 4 is 66.8 Å². The van der Waals surface area contributed by atoms with Crippen LogP contribution in [-0.4, -0.2) is 14.0 Å². The minimum Gasteiger partial charge on any atom is -0.456 e. The van der Waals surface area contributed by atoms with Gasteiger partial charge in [-0.05, 0) is 134 Å². The summed E-state index contributed by atoms with van der Waals surface area (Å²) in [6, 6.07) is 83.8. The minimum absolute atomic E-state index is 0.455. The van der Waals surface area contributed by atoms with E-state index in [9.17, 15) is 0 Å². The van der Waals surface area contributed by atoms with Crippen molar-refractivity contribution in [2.75, 3.05) is 4.90 Å². The van der Waals surface area contributed by atoms with E-state index in [2.05, 4.69) is 232 Å². The molecule has 0 saturated heterocycles. The summed E-state index contributed by atoms with van der Waals surface area (Å²) in [5, 5.41) is 2.23. The molecule has 0 bridgehead atoms. The summed E-state index contributed by atoms with van der Waals surface area (Å²) in [6.45, 7) is 0. The van der Waals surface area contributed by atoms with Crippen LogP contribution in [0.2, 0.25) is 0 Å². The van der Waals surface area contributed by atoms with Gasteiger partial charge in [0.1, 0.15) is 11.2 Å². The van der Waals surface area contributed by atoms with Crippen LogP contribution < -0.4 is 4.90 Å². The second-order valence-electron chi connectivity index (χ2n) is 17.9. The number of nitrogens with zero attached hydrogens (tertiary/aromatic N) is 4. The third-order valence-electron chi connectivity index (χ3n) is 14.6. The van der Waals surface area contributed by atoms with Crippen LogP contribution in [0, 0.1) is 0 Å². The van der Waals surface area contributed by atoms with Gasteiger partial charge in [0, 0.05) is 39.6 Å². The third-order valence-corrected chi connectivity index (χ3v) is 14.6. The van der Waals surface area contributed by atoms with E-state index < -0.39 is 5.41 Å². The molecular weight excluding hydrogens is 817 g/mol. The predicted molar refractivity (Wildman–Crippen MR) is 273 cm³/mol. The number of benzene rings is 10. The number of hydrogen-bond donors (Lipinski definition) is 0. The summed E-state index contributed by atoms with van der Waals surface area (Å²) in [5.41, 5.74) is 22.6. The van der Waals surface area contributed by atoms with Gasteiger partial charge in [0.2, 0.25) is 5.78 Å². The number of aromatic nitrogens is 3. The van der Waals surface area contributed by atoms with E-state index in [0.29, 0.717) is 0 Å². The van der Waals surface area contributed by atoms with Crippen molar-refractivity contribution < 1.29 is 4.42 Å². The monoisotopic (exact) mass is 854 g/mol. The van der Waals surface area contributed by atoms with Crippen molar-refractivity contribution in [2.24, 2.45) is 0 Å². The van der Waals surface area contributed by atoms with Gasteiger partial charge in [0.25, 0.3) is 0 Å². The largest absolute Gasteiger partial charge is 0.456 e. The zero-order valence-corrected chi connectivity index (χ0v) is 36.1. The Kier molecular flexibility index (Phi) is 7.36. The van der Waals surface area contributed by atoms with E-state index >= 15 is 0 Å². The molecule has 2 aliphatic carbocycles. The molecule has 3 aromatic heterocycles. The molecule has 0 N–H and O–H groups in total. The standard InChI is InChI=1S/C62H38N4O/c1-5-17-51-45(13-1)46-14-2-6-18-52(46)62(51)53-19-7-3-15-47(53)48-35-33-43(37-54(48)62)64(44-34-36-50-49-16-4-12-24-59(49)67-60(50)38-44)41-29-25-39(26-30-41)40-27-31-42(32-28-40)65-57-22-10-11-23-58(57)66-56-21-9-8-20-55(56)63-61(65)66/h1-38H. The van der Waals surface area contributed by atoms with E-state index in [-0.39, 0.29) is 0 Å². The summed E-state index contributed by atoms with van der Waals surface area (Å²) in [4.78, 5) is 7.49. The molecule has 10 aromatic carbocycles. The second kappa shape index (κ2) is 13.6. The van der Waals surface area contributed by atoms with Gasteiger partial charge in [0.05, 0.1) is 27.5 Å². The highest BCUT2D eigenvalue weighted by Gasteiger charge is 2.51. The van der Waals surface area contributed by atoms with Gasteiger partial charge >= 0.3 is 0 Å². The Bertz CT molecular complexity index is 4110. The Balaban J connectivity index is 0.875. The molecule has 312 valence electrons. The lowest BCUT2D eigenvalue weighted by Gasteiger charge is -2.32. The van der Waals surface area contributed by atoms with E-state index in [1.165, 1.54) is 44.5 Å². The zero-order valence-electron chi connectivity index (χ0n) is 36.1. The van der Waals surface area contributed by atoms with Crippen LogP contribution in [0.5, 0.6) is 0 Å². The number of imidazole rings is 2. The number of anilines is 3. The Morgan fingerprint density at radius 2 is 0.910 bits per heavy atom. The molecule has 1 spiro atoms. The van der Waals surface area contributed by atoms with Crippen LogP contribution in [-0.2, 0) is 5.41 Å². The van der Waals surface area contributed by atoms with Crippen LogP contribution in [0.1, 0.15) is 22.3 Å². The normalized spacial score (nSPS) is 13.2. The summed E-state index contributed by atoms with van der Waals surface area (Å²) in [6.07, 6.45) is 0. The smallest absolute Gasteiger partial charge is 0.220 e. The van der Waals surface area contributed by atoms with Gasteiger partial charge in [-0.3, -0.25) is 8.97 Å². The van der Waals surface area contributed by atoms with Crippen molar-refractivity contribution in [3.63, 3.8) is 0 Å². The van der Waals surface area contributed by atoms with E-state index in [1.54, 1.807) is 0 Å². The van der Waals surface area contributed by atoms with E-state index in [1.807, 2.05) is 12.1 Å². The molecule has 15 rings (SSSR count). The Morgan fingerprint density at radius 3 is 1.63 bits per heavy atom. The maximum absolute atomic E-state index is 6.53. The SMILES string of the molecule is c1ccc2c(c1)-c1ccccc1C21c2ccccc2-c2ccc(N(c3ccc(-c4ccc(-n5c6ccccc6n6c7ccccc7nc56)cc4)cc3)c3ccc4c(c3)oc3ccccc34)cc21. The maximum Gasteiger partial charge on any atom is 0.220 e. The molecule has 3 heterocycles. The van der Waals surface area contributed by atoms with Crippen LogP contribution in [0.4, 0.5) is 17.1 Å². The van der Waals surface area contributed by atoms with Gasteiger partial charge in [-0.15, -0.1) is 0 Å². The predicted octanol–water partition coefficient (Wildman–Crippen LogP) is 15.8. The summed E-state index contributed by atoms with van der Waals surface area (Å²) < 4.78 is 11.1. The van der Waals surface area contributed by atoms with Crippen LogP contribution in [0.3, 0.4) is 0 Å². The van der Waals surface area contributed by atoms with Gasteiger partial charge in [-0.25, -0.2) is 4.98 Å². The van der Waals surface area contributed by atoms with Crippen molar-refractivity contribution in [1.29, 1.82) is 0 Å². The van der Waals surface area contributed by atoms with Gasteiger partial charge in [-0.2, -0.15) is 0 Å². The van der Waals surface area contributed by atoms with Crippen molar-refractivity contribution in [2.45, 2.75) is 5.41 Å². The highest BCUT2D eigenvalue weighted by molar-refractivity contribution is 6.06. The molecule has 67 heavy (non-hydrogen) atoms. The lowest BCUT2D eigenvalue weighted by Crippen LogP contribution is -2.26. The molecule has 0 fully saturated rings. The number of rotatable bonds is 5. The molecule has 0 unspecified atom stereocenters. The van der Waals surface area contributed by atoms with E-state index in [0.717, 1.165) is 83.7 Å². The fourth-order valence-electron chi connectivity index (χ4n) is 11.7. The topological polar surface area (TPSA) is 38.6 Å². The molecule has 13 aromatic rings. The lowest BCUT2D eigenvalue weighted by atomic mass is 9.70. The first-order chi connectivity index (χ1) is 33.2. The van der Waals surface area contributed by atoms with Gasteiger partial charge in [-0.1, -0.05) is 146 Å². The van der Waals surface area contributed by atoms with Crippen LogP contribution in [0.15, 0.2) is 235 Å². The third kappa shape index (κ3) is 4.95. The second-order valence-corrected chi connectivity index (χ2v) is 17.9.